The largest absolute Gasteiger partial charge is 0.395 e. The third-order valence-corrected chi connectivity index (χ3v) is 10.3. The lowest BCUT2D eigenvalue weighted by atomic mass is 9.94. The SMILES string of the molecule is CCCCCCCC/C=C\CCCCCCCCN(CCO)CCO.CCCCN(CCO)CCO.CN(CCO)CCO.OCCN(CCO)C1CCCCC1. The lowest BCUT2D eigenvalue weighted by Crippen LogP contribution is -2.40. The normalized spacial score (nSPS) is 13.2. The molecule has 0 amide bonds. The third-order valence-electron chi connectivity index (χ3n) is 10.3. The van der Waals surface area contributed by atoms with E-state index in [0.717, 1.165) is 25.9 Å². The minimum absolute atomic E-state index is 0.163. The third kappa shape index (κ3) is 47.8. The van der Waals surface area contributed by atoms with Crippen molar-refractivity contribution in [1.29, 1.82) is 0 Å². The predicted molar refractivity (Wildman–Crippen MR) is 240 cm³/mol. The molecule has 0 aliphatic heterocycles. The molecule has 57 heavy (non-hydrogen) atoms. The number of aliphatic hydroxyl groups is 8. The number of nitrogens with zero attached hydrogens (tertiary/aromatic N) is 4. The molecule has 0 aromatic carbocycles. The first kappa shape index (κ1) is 60.6. The van der Waals surface area contributed by atoms with Crippen molar-refractivity contribution in [1.82, 2.24) is 19.6 Å². The Kier molecular flexibility index (Phi) is 56.6. The highest BCUT2D eigenvalue weighted by Crippen LogP contribution is 2.22. The predicted octanol–water partition coefficient (Wildman–Crippen LogP) is 4.89. The molecule has 1 aliphatic carbocycles. The van der Waals surface area contributed by atoms with Gasteiger partial charge in [0.25, 0.3) is 0 Å². The van der Waals surface area contributed by atoms with Gasteiger partial charge in [-0.15, -0.1) is 0 Å². The van der Waals surface area contributed by atoms with E-state index in [9.17, 15) is 0 Å². The maximum atomic E-state index is 8.97. The zero-order valence-electron chi connectivity index (χ0n) is 37.7. The van der Waals surface area contributed by atoms with E-state index in [4.69, 9.17) is 40.9 Å². The maximum Gasteiger partial charge on any atom is 0.0558 e. The van der Waals surface area contributed by atoms with E-state index < -0.39 is 0 Å². The van der Waals surface area contributed by atoms with Crippen molar-refractivity contribution in [2.45, 2.75) is 155 Å². The molecule has 8 N–H and O–H groups in total. The van der Waals surface area contributed by atoms with Crippen molar-refractivity contribution in [3.63, 3.8) is 0 Å². The van der Waals surface area contributed by atoms with Crippen molar-refractivity contribution in [3.8, 4) is 0 Å². The lowest BCUT2D eigenvalue weighted by Gasteiger charge is -2.33. The molecule has 12 heteroatoms. The molecular weight excluding hydrogens is 725 g/mol. The van der Waals surface area contributed by atoms with Gasteiger partial charge in [0, 0.05) is 58.4 Å². The summed E-state index contributed by atoms with van der Waals surface area (Å²) in [6.07, 6.45) is 32.1. The van der Waals surface area contributed by atoms with Gasteiger partial charge in [-0.05, 0) is 71.5 Å². The van der Waals surface area contributed by atoms with Crippen molar-refractivity contribution < 1.29 is 40.9 Å². The van der Waals surface area contributed by atoms with Gasteiger partial charge in [-0.2, -0.15) is 0 Å². The van der Waals surface area contributed by atoms with Gasteiger partial charge in [-0.3, -0.25) is 14.7 Å². The number of likely N-dealkylation sites (N-methyl/N-ethyl adjacent to an activating group) is 1. The highest BCUT2D eigenvalue weighted by molar-refractivity contribution is 4.81. The van der Waals surface area contributed by atoms with E-state index in [1.54, 1.807) is 0 Å². The Morgan fingerprint density at radius 1 is 0.386 bits per heavy atom. The quantitative estimate of drug-likeness (QED) is 0.0318. The summed E-state index contributed by atoms with van der Waals surface area (Å²) in [6.45, 7) is 13.3. The van der Waals surface area contributed by atoms with Crippen molar-refractivity contribution in [3.05, 3.63) is 12.2 Å². The van der Waals surface area contributed by atoms with Gasteiger partial charge in [-0.25, -0.2) is 0 Å². The van der Waals surface area contributed by atoms with Gasteiger partial charge >= 0.3 is 0 Å². The van der Waals surface area contributed by atoms with Crippen LogP contribution in [0.2, 0.25) is 0 Å². The van der Waals surface area contributed by atoms with E-state index in [1.165, 1.54) is 122 Å². The van der Waals surface area contributed by atoms with Gasteiger partial charge in [0.05, 0.1) is 52.9 Å². The van der Waals surface area contributed by atoms with Gasteiger partial charge in [0.1, 0.15) is 0 Å². The Labute approximate surface area is 352 Å². The van der Waals surface area contributed by atoms with Gasteiger partial charge in [0.2, 0.25) is 0 Å². The first-order valence-corrected chi connectivity index (χ1v) is 23.3. The minimum atomic E-state index is 0.163. The molecular formula is C45H98N4O8. The average Bonchev–Trinajstić information content (AvgIpc) is 3.21. The maximum absolute atomic E-state index is 8.97. The van der Waals surface area contributed by atoms with Crippen LogP contribution in [0.1, 0.15) is 149 Å². The second-order valence-corrected chi connectivity index (χ2v) is 15.4. The fourth-order valence-electron chi connectivity index (χ4n) is 6.83. The Hall–Kier alpha value is -0.740. The fourth-order valence-corrected chi connectivity index (χ4v) is 6.83. The summed E-state index contributed by atoms with van der Waals surface area (Å²) < 4.78 is 0. The summed E-state index contributed by atoms with van der Waals surface area (Å²) in [5, 5.41) is 69.6. The second-order valence-electron chi connectivity index (χ2n) is 15.4. The van der Waals surface area contributed by atoms with Crippen LogP contribution in [0.25, 0.3) is 0 Å². The standard InChI is InChI=1S/C22H45NO2.C10H21NO2.C8H19NO2.C5H13NO2/c1-2-3-4-5-6-7-8-9-10-11-12-13-14-15-16-17-18-23(19-21-24)20-22-25;12-8-6-11(7-9-13)10-4-2-1-3-5-10;1-2-3-4-9(5-7-10)6-8-11;1-6(2-4-7)3-5-8/h9-10,24-25H,2-8,11-22H2,1H3;10,12-13H,1-9H2;10-11H,2-8H2,1H3;7-8H,2-5H2,1H3/b10-9-;;;. The van der Waals surface area contributed by atoms with Crippen LogP contribution < -0.4 is 0 Å². The summed E-state index contributed by atoms with van der Waals surface area (Å²) in [6, 6.07) is 0.605. The van der Waals surface area contributed by atoms with E-state index in [0.29, 0.717) is 58.4 Å². The average molecular weight is 823 g/mol. The zero-order chi connectivity index (χ0) is 42.9. The van der Waals surface area contributed by atoms with Gasteiger partial charge in [0.15, 0.2) is 0 Å². The van der Waals surface area contributed by atoms with Crippen LogP contribution in [0.4, 0.5) is 0 Å². The van der Waals surface area contributed by atoms with Crippen molar-refractivity contribution >= 4 is 0 Å². The summed E-state index contributed by atoms with van der Waals surface area (Å²) >= 11 is 0. The molecule has 1 fully saturated rings. The molecule has 0 radical (unpaired) electrons. The Bertz CT molecular complexity index is 713. The molecule has 1 aliphatic rings. The number of hydrogen-bond donors (Lipinski definition) is 8. The Morgan fingerprint density at radius 2 is 0.737 bits per heavy atom. The smallest absolute Gasteiger partial charge is 0.0558 e. The number of aliphatic hydroxyl groups excluding tert-OH is 8. The first-order chi connectivity index (χ1) is 27.9. The molecule has 0 saturated heterocycles. The minimum Gasteiger partial charge on any atom is -0.395 e. The fraction of sp³-hybridized carbons (Fsp3) is 0.956. The van der Waals surface area contributed by atoms with Crippen LogP contribution >= 0.6 is 0 Å². The van der Waals surface area contributed by atoms with Crippen LogP contribution in [0, 0.1) is 0 Å². The summed E-state index contributed by atoms with van der Waals surface area (Å²) in [5.41, 5.74) is 0. The number of allylic oxidation sites excluding steroid dienone is 2. The van der Waals surface area contributed by atoms with Crippen LogP contribution in [0.15, 0.2) is 12.2 Å². The second kappa shape index (κ2) is 53.3. The molecule has 12 nitrogen and oxygen atoms in total. The van der Waals surface area contributed by atoms with E-state index in [1.807, 2.05) is 11.9 Å². The van der Waals surface area contributed by atoms with E-state index >= 15 is 0 Å². The monoisotopic (exact) mass is 823 g/mol. The van der Waals surface area contributed by atoms with E-state index in [-0.39, 0.29) is 52.9 Å². The van der Waals surface area contributed by atoms with Gasteiger partial charge < -0.3 is 45.8 Å². The van der Waals surface area contributed by atoms with Crippen molar-refractivity contribution in [2.75, 3.05) is 125 Å². The molecule has 1 saturated carbocycles. The van der Waals surface area contributed by atoms with Crippen LogP contribution in [-0.4, -0.2) is 192 Å². The zero-order valence-corrected chi connectivity index (χ0v) is 37.7. The number of rotatable bonds is 36. The summed E-state index contributed by atoms with van der Waals surface area (Å²) in [5.74, 6) is 0. The Balaban J connectivity index is -0.000000759. The molecule has 0 aromatic rings. The number of hydrogen-bond acceptors (Lipinski definition) is 12. The molecule has 0 bridgehead atoms. The van der Waals surface area contributed by atoms with Crippen LogP contribution in [-0.2, 0) is 0 Å². The molecule has 0 aromatic heterocycles. The van der Waals surface area contributed by atoms with Crippen LogP contribution in [0.3, 0.4) is 0 Å². The van der Waals surface area contributed by atoms with Gasteiger partial charge in [-0.1, -0.05) is 109 Å². The molecule has 1 rings (SSSR count). The van der Waals surface area contributed by atoms with E-state index in [2.05, 4.69) is 40.7 Å². The highest BCUT2D eigenvalue weighted by atomic mass is 16.3. The summed E-state index contributed by atoms with van der Waals surface area (Å²) in [4.78, 5) is 8.30. The molecule has 0 spiro atoms. The molecule has 346 valence electrons. The number of unbranched alkanes of at least 4 members (excludes halogenated alkanes) is 13. The van der Waals surface area contributed by atoms with Crippen molar-refractivity contribution in [2.24, 2.45) is 0 Å². The molecule has 0 atom stereocenters. The first-order valence-electron chi connectivity index (χ1n) is 23.3. The molecule has 0 heterocycles. The Morgan fingerprint density at radius 3 is 1.12 bits per heavy atom. The topological polar surface area (TPSA) is 175 Å². The molecule has 0 unspecified atom stereocenters. The highest BCUT2D eigenvalue weighted by Gasteiger charge is 2.19. The lowest BCUT2D eigenvalue weighted by molar-refractivity contribution is 0.101. The summed E-state index contributed by atoms with van der Waals surface area (Å²) in [7, 11) is 1.85. The van der Waals surface area contributed by atoms with Crippen LogP contribution in [0.5, 0.6) is 0 Å².